The molecule has 210 valence electrons. The third-order valence-electron chi connectivity index (χ3n) is 6.65. The van der Waals surface area contributed by atoms with Crippen molar-refractivity contribution in [3.05, 3.63) is 107 Å². The summed E-state index contributed by atoms with van der Waals surface area (Å²) in [6, 6.07) is 8.58. The van der Waals surface area contributed by atoms with Crippen molar-refractivity contribution in [3.8, 4) is 0 Å². The number of rotatable bonds is 7. The minimum atomic E-state index is -1.02. The van der Waals surface area contributed by atoms with E-state index in [0.717, 1.165) is 24.3 Å². The van der Waals surface area contributed by atoms with Crippen molar-refractivity contribution in [3.63, 3.8) is 0 Å². The molecule has 0 radical (unpaired) electrons. The molecule has 41 heavy (non-hydrogen) atoms. The molecular weight excluding hydrogens is 568 g/mol. The van der Waals surface area contributed by atoms with Gasteiger partial charge in [0.2, 0.25) is 0 Å². The molecule has 2 fully saturated rings. The highest BCUT2D eigenvalue weighted by Gasteiger charge is 2.56. The summed E-state index contributed by atoms with van der Waals surface area (Å²) < 4.78 is 5.44. The monoisotopic (exact) mass is 584 g/mol. The van der Waals surface area contributed by atoms with E-state index in [0.29, 0.717) is 10.9 Å². The summed E-state index contributed by atoms with van der Waals surface area (Å²) in [5.74, 6) is 0.504. The van der Waals surface area contributed by atoms with Crippen LogP contribution in [0, 0.1) is 40.5 Å². The molecule has 19 nitrogen and oxygen atoms in total. The summed E-state index contributed by atoms with van der Waals surface area (Å²) in [5, 5.41) is 54.0. The summed E-state index contributed by atoms with van der Waals surface area (Å²) in [5.41, 5.74) is 6.93. The maximum absolute atomic E-state index is 12.1. The van der Waals surface area contributed by atoms with Crippen LogP contribution in [-0.2, 0) is 0 Å². The number of benzene rings is 2. The number of hydrogen-bond donors (Lipinski definition) is 3. The molecule has 20 heteroatoms. The summed E-state index contributed by atoms with van der Waals surface area (Å²) in [6.45, 7) is 0. The van der Waals surface area contributed by atoms with Crippen LogP contribution in [-0.4, -0.2) is 41.3 Å². The van der Waals surface area contributed by atoms with Crippen molar-refractivity contribution in [1.29, 1.82) is 0 Å². The standard InChI is InChI=1S/C21H16N10O9S/c32-28(33)10-3-5-12(14(8-10)30(36)37)17-18-20(27-21(41-18)23-22-19(24-27)16-2-1-7-40-16)25-26(17)13-6-4-11(29(34)35)9-15(13)31(38)39/h1-9,17-20,22,24-25H. The molecule has 4 heterocycles. The van der Waals surface area contributed by atoms with Gasteiger partial charge in [-0.25, -0.2) is 10.9 Å². The largest absolute Gasteiger partial charge is 0.466 e. The average Bonchev–Trinajstić information content (AvgIpc) is 3.68. The Bertz CT molecular complexity index is 1630. The third kappa shape index (κ3) is 4.31. The second-order valence-electron chi connectivity index (χ2n) is 8.89. The first-order chi connectivity index (χ1) is 19.6. The van der Waals surface area contributed by atoms with E-state index in [4.69, 9.17) is 4.42 Å². The molecule has 0 amide bonds. The van der Waals surface area contributed by atoms with Gasteiger partial charge in [-0.1, -0.05) is 11.8 Å². The third-order valence-corrected chi connectivity index (χ3v) is 7.94. The number of nitrogens with one attached hydrogen (secondary N) is 3. The maximum Gasteiger partial charge on any atom is 0.300 e. The number of amidine groups is 1. The van der Waals surface area contributed by atoms with Crippen LogP contribution in [0.3, 0.4) is 0 Å². The molecule has 0 aliphatic carbocycles. The van der Waals surface area contributed by atoms with Gasteiger partial charge in [0.15, 0.2) is 11.3 Å². The summed E-state index contributed by atoms with van der Waals surface area (Å²) in [6.07, 6.45) is 0.185. The molecule has 3 N–H and O–H groups in total. The Labute approximate surface area is 231 Å². The molecule has 6 rings (SSSR count). The number of nitrogens with zero attached hydrogens (tertiary/aromatic N) is 7. The smallest absolute Gasteiger partial charge is 0.300 e. The fourth-order valence-electron chi connectivity index (χ4n) is 4.90. The van der Waals surface area contributed by atoms with E-state index in [2.05, 4.69) is 21.4 Å². The van der Waals surface area contributed by atoms with Crippen LogP contribution >= 0.6 is 11.8 Å². The number of non-ortho nitro benzene ring substituents is 2. The van der Waals surface area contributed by atoms with E-state index in [1.165, 1.54) is 35.2 Å². The minimum Gasteiger partial charge on any atom is -0.466 e. The van der Waals surface area contributed by atoms with Crippen molar-refractivity contribution in [2.45, 2.75) is 23.6 Å². The van der Waals surface area contributed by atoms with Gasteiger partial charge in [-0.05, 0) is 24.3 Å². The average molecular weight is 584 g/mol. The summed E-state index contributed by atoms with van der Waals surface area (Å²) in [4.78, 5) is 43.7. The van der Waals surface area contributed by atoms with Crippen LogP contribution < -0.4 is 21.3 Å². The van der Waals surface area contributed by atoms with E-state index >= 15 is 0 Å². The fraction of sp³-hybridized carbons (Fsp3) is 0.190. The number of hydrogen-bond acceptors (Lipinski definition) is 16. The van der Waals surface area contributed by atoms with Crippen molar-refractivity contribution in [1.82, 2.24) is 21.3 Å². The molecule has 4 atom stereocenters. The second kappa shape index (κ2) is 9.69. The van der Waals surface area contributed by atoms with Crippen LogP contribution in [0.4, 0.5) is 28.4 Å². The number of hydrazine groups is 2. The van der Waals surface area contributed by atoms with Crippen molar-refractivity contribution >= 4 is 45.4 Å². The van der Waals surface area contributed by atoms with Crippen LogP contribution in [0.15, 0.2) is 64.3 Å². The summed E-state index contributed by atoms with van der Waals surface area (Å²) in [7, 11) is 0. The molecule has 0 saturated carbocycles. The first-order valence-corrected chi connectivity index (χ1v) is 12.5. The van der Waals surface area contributed by atoms with Crippen molar-refractivity contribution in [2.75, 3.05) is 5.01 Å². The zero-order valence-electron chi connectivity index (χ0n) is 20.2. The van der Waals surface area contributed by atoms with Gasteiger partial charge in [-0.3, -0.25) is 55.9 Å². The van der Waals surface area contributed by atoms with Gasteiger partial charge >= 0.3 is 5.69 Å². The molecule has 3 aromatic rings. The number of thioether (sulfide) groups is 1. The normalized spacial score (nSPS) is 22.9. The quantitative estimate of drug-likeness (QED) is 0.267. The molecule has 2 saturated heterocycles. The highest BCUT2D eigenvalue weighted by atomic mass is 32.2. The predicted octanol–water partition coefficient (Wildman–Crippen LogP) is 2.80. The lowest BCUT2D eigenvalue weighted by Gasteiger charge is -2.34. The van der Waals surface area contributed by atoms with Crippen molar-refractivity contribution in [2.24, 2.45) is 5.10 Å². The lowest BCUT2D eigenvalue weighted by molar-refractivity contribution is -0.394. The molecule has 2 aromatic carbocycles. The molecular formula is C21H16N10O9S. The number of hydrazone groups is 1. The molecule has 3 aliphatic rings. The van der Waals surface area contributed by atoms with Gasteiger partial charge in [0.05, 0.1) is 54.9 Å². The van der Waals surface area contributed by atoms with E-state index in [1.54, 1.807) is 17.1 Å². The first kappa shape index (κ1) is 25.9. The first-order valence-electron chi connectivity index (χ1n) is 11.6. The molecule has 0 spiro atoms. The Balaban J connectivity index is 1.48. The Morgan fingerprint density at radius 3 is 2.15 bits per heavy atom. The van der Waals surface area contributed by atoms with Gasteiger partial charge in [0, 0.05) is 12.1 Å². The predicted molar refractivity (Wildman–Crippen MR) is 140 cm³/mol. The van der Waals surface area contributed by atoms with Crippen molar-refractivity contribution < 1.29 is 24.1 Å². The Kier molecular flexibility index (Phi) is 6.12. The summed E-state index contributed by atoms with van der Waals surface area (Å²) >= 11 is 1.20. The SMILES string of the molecule is O=[N+]([O-])c1ccc(C2C3SC4=NNC(c5ccco5)NN4C3NN2c2ccc([N+](=O)[O-])cc2[N+](=O)[O-])c([N+](=O)[O-])c1. The second-order valence-corrected chi connectivity index (χ2v) is 10.0. The lowest BCUT2D eigenvalue weighted by atomic mass is 9.99. The Hall–Kier alpha value is -5.34. The number of fused-ring (bicyclic) bond motifs is 3. The highest BCUT2D eigenvalue weighted by molar-refractivity contribution is 8.14. The van der Waals surface area contributed by atoms with Crippen LogP contribution in [0.5, 0.6) is 0 Å². The zero-order chi connectivity index (χ0) is 29.0. The van der Waals surface area contributed by atoms with Gasteiger partial charge < -0.3 is 4.42 Å². The van der Waals surface area contributed by atoms with Gasteiger partial charge in [0.1, 0.15) is 17.6 Å². The number of nitro benzene ring substituents is 4. The molecule has 0 bridgehead atoms. The van der Waals surface area contributed by atoms with E-state index in [9.17, 15) is 40.5 Å². The molecule has 1 aromatic heterocycles. The number of furan rings is 1. The lowest BCUT2D eigenvalue weighted by Crippen LogP contribution is -2.58. The Morgan fingerprint density at radius 1 is 0.829 bits per heavy atom. The van der Waals surface area contributed by atoms with E-state index in [-0.39, 0.29) is 11.3 Å². The number of nitro groups is 4. The maximum atomic E-state index is 12.1. The zero-order valence-corrected chi connectivity index (χ0v) is 21.0. The van der Waals surface area contributed by atoms with Gasteiger partial charge in [-0.15, -0.1) is 0 Å². The fourth-order valence-corrected chi connectivity index (χ4v) is 6.24. The Morgan fingerprint density at radius 2 is 1.51 bits per heavy atom. The van der Waals surface area contributed by atoms with Crippen LogP contribution in [0.25, 0.3) is 0 Å². The topological polar surface area (TPSA) is 241 Å². The molecule has 3 aliphatic heterocycles. The number of anilines is 1. The van der Waals surface area contributed by atoms with E-state index in [1.807, 2.05) is 0 Å². The molecule has 4 unspecified atom stereocenters. The van der Waals surface area contributed by atoms with Gasteiger partial charge in [-0.2, -0.15) is 5.10 Å². The highest BCUT2D eigenvalue weighted by Crippen LogP contribution is 2.51. The van der Waals surface area contributed by atoms with E-state index < -0.39 is 66.1 Å². The van der Waals surface area contributed by atoms with Crippen LogP contribution in [0.2, 0.25) is 0 Å². The van der Waals surface area contributed by atoms with Crippen LogP contribution in [0.1, 0.15) is 23.5 Å². The minimum absolute atomic E-state index is 0.0248. The van der Waals surface area contributed by atoms with Gasteiger partial charge in [0.25, 0.3) is 17.1 Å².